The van der Waals surface area contributed by atoms with E-state index in [1.54, 1.807) is 0 Å². The van der Waals surface area contributed by atoms with Gasteiger partial charge in [0.25, 0.3) is 0 Å². The van der Waals surface area contributed by atoms with Crippen molar-refractivity contribution in [1.82, 2.24) is 0 Å². The molecule has 0 aliphatic rings. The highest BCUT2D eigenvalue weighted by Gasteiger charge is 2.47. The van der Waals surface area contributed by atoms with Crippen LogP contribution in [0.25, 0.3) is 0 Å². The smallest absolute Gasteiger partial charge is 0.0565 e. The Morgan fingerprint density at radius 2 is 1.53 bits per heavy atom. The number of hydrogen-bond donors (Lipinski definition) is 0. The van der Waals surface area contributed by atoms with Gasteiger partial charge in [-0.15, -0.1) is 0 Å². The van der Waals surface area contributed by atoms with Gasteiger partial charge >= 0.3 is 0 Å². The van der Waals surface area contributed by atoms with Crippen molar-refractivity contribution in [1.29, 1.82) is 0 Å². The zero-order valence-corrected chi connectivity index (χ0v) is 9.84. The fourth-order valence-electron chi connectivity index (χ4n) is 1.53. The molecular formula is CH3B12OSi. The highest BCUT2D eigenvalue weighted by Crippen LogP contribution is 2.11. The molecule has 0 amide bonds. The van der Waals surface area contributed by atoms with E-state index in [-0.39, 0.29) is 0 Å². The summed E-state index contributed by atoms with van der Waals surface area (Å²) in [4.78, 5) is 0. The van der Waals surface area contributed by atoms with Gasteiger partial charge in [-0.3, -0.25) is 0 Å². The molecule has 15 radical (unpaired) electrons. The first-order chi connectivity index (χ1) is 6.84. The molecule has 14 heteroatoms. The molecule has 0 heterocycles. The van der Waals surface area contributed by atoms with E-state index in [1.165, 1.54) is 14.2 Å². The third kappa shape index (κ3) is 3.21. The summed E-state index contributed by atoms with van der Waals surface area (Å²) in [7, 11) is 39.1. The van der Waals surface area contributed by atoms with Crippen LogP contribution in [0.2, 0.25) is 0 Å². The standard InChI is InChI=1S/CH3B12OSi/c1-14-15(11(5)6,12(7)9-2)13(8)10(3)4/h1H3. The van der Waals surface area contributed by atoms with E-state index in [2.05, 4.69) is 0 Å². The normalized spacial score (nSPS) is 13.7. The maximum absolute atomic E-state index is 5.85. The fraction of sp³-hybridized carbons (Fsp3) is 1.00. The van der Waals surface area contributed by atoms with Crippen molar-refractivity contribution in [2.24, 2.45) is 0 Å². The van der Waals surface area contributed by atoms with E-state index in [4.69, 9.17) is 58.6 Å². The first kappa shape index (κ1) is 16.0. The second-order valence-corrected chi connectivity index (χ2v) is 7.52. The first-order valence-corrected chi connectivity index (χ1v) is 6.62. The van der Waals surface area contributed by atoms with E-state index < -0.39 is 32.6 Å². The van der Waals surface area contributed by atoms with Crippen LogP contribution in [0.5, 0.6) is 0 Å². The predicted molar refractivity (Wildman–Crippen MR) is 81.8 cm³/mol. The maximum Gasteiger partial charge on any atom is 0.0565 e. The van der Waals surface area contributed by atoms with Crippen molar-refractivity contribution >= 4 is 93.8 Å². The van der Waals surface area contributed by atoms with Gasteiger partial charge in [0.2, 0.25) is 0 Å². The van der Waals surface area contributed by atoms with E-state index >= 15 is 0 Å². The average molecular weight is 189 g/mol. The summed E-state index contributed by atoms with van der Waals surface area (Å²) in [5.74, 6) is 0. The second kappa shape index (κ2) is 6.63. The van der Waals surface area contributed by atoms with Crippen molar-refractivity contribution in [2.75, 3.05) is 7.11 Å². The van der Waals surface area contributed by atoms with E-state index in [0.29, 0.717) is 0 Å². The summed E-state index contributed by atoms with van der Waals surface area (Å²) in [6.07, 6.45) is -2.96. The first-order valence-electron chi connectivity index (χ1n) is 4.48. The van der Waals surface area contributed by atoms with Crippen LogP contribution < -0.4 is 0 Å². The lowest BCUT2D eigenvalue weighted by atomic mass is 8.95. The second-order valence-electron chi connectivity index (χ2n) is 3.40. The maximum atomic E-state index is 5.85. The molecule has 0 fully saturated rings. The topological polar surface area (TPSA) is 9.23 Å². The lowest BCUT2D eigenvalue weighted by Crippen LogP contribution is -2.81. The highest BCUT2D eigenvalue weighted by atomic mass is 28.3. The van der Waals surface area contributed by atoms with Crippen molar-refractivity contribution in [3.05, 3.63) is 0 Å². The average Bonchev–Trinajstić information content (AvgIpc) is 2.18. The van der Waals surface area contributed by atoms with Gasteiger partial charge in [-0.2, -0.15) is 0 Å². The molecule has 1 nitrogen and oxygen atoms in total. The Kier molecular flexibility index (Phi) is 7.06. The minimum atomic E-state index is -2.94. The molecule has 0 saturated heterocycles. The Hall–Kier alpha value is 0.956. The Bertz CT molecular complexity index is 184. The summed E-state index contributed by atoms with van der Waals surface area (Å²) >= 11 is 0. The quantitative estimate of drug-likeness (QED) is 0.381. The molecule has 0 aliphatic carbocycles. The molecule has 0 aliphatic heterocycles. The van der Waals surface area contributed by atoms with Crippen molar-refractivity contribution < 1.29 is 4.43 Å². The summed E-state index contributed by atoms with van der Waals surface area (Å²) in [5.41, 5.74) is 0. The molecule has 0 spiro atoms. The molecule has 0 bridgehead atoms. The minimum absolute atomic E-state index is 0.632. The molecule has 0 N–H and O–H groups in total. The van der Waals surface area contributed by atoms with Gasteiger partial charge in [-0.1, -0.05) is 0 Å². The SMILES string of the molecule is [B][B]B([B])[Si](OC)(B([B])[B])B([B])B([B])[B]. The predicted octanol–water partition coefficient (Wildman–Crippen LogP) is -4.85. The largest absolute Gasteiger partial charge is 0.447 e. The molecule has 1 atom stereocenters. The Labute approximate surface area is 105 Å². The molecule has 0 aromatic carbocycles. The summed E-state index contributed by atoms with van der Waals surface area (Å²) in [6, 6.07) is 0. The van der Waals surface area contributed by atoms with Gasteiger partial charge in [-0.25, -0.2) is 0 Å². The van der Waals surface area contributed by atoms with Gasteiger partial charge in [0, 0.05) is 82.6 Å². The molecule has 0 rings (SSSR count). The van der Waals surface area contributed by atoms with Gasteiger partial charge in [-0.05, 0) is 0 Å². The van der Waals surface area contributed by atoms with Crippen LogP contribution in [0.4, 0.5) is 0 Å². The lowest BCUT2D eigenvalue weighted by molar-refractivity contribution is 0.440. The summed E-state index contributed by atoms with van der Waals surface area (Å²) in [5, 5.41) is 0. The molecule has 15 heavy (non-hydrogen) atoms. The van der Waals surface area contributed by atoms with Gasteiger partial charge in [0.1, 0.15) is 0 Å². The molecular weight excluding hydrogens is 186 g/mol. The van der Waals surface area contributed by atoms with E-state index in [1.807, 2.05) is 0 Å². The summed E-state index contributed by atoms with van der Waals surface area (Å²) in [6.45, 7) is 0. The molecule has 1 unspecified atom stereocenters. The third-order valence-electron chi connectivity index (χ3n) is 2.54. The van der Waals surface area contributed by atoms with Gasteiger partial charge in [0.15, 0.2) is 0 Å². The zero-order chi connectivity index (χ0) is 12.2. The Morgan fingerprint density at radius 3 is 1.73 bits per heavy atom. The Morgan fingerprint density at radius 1 is 1.07 bits per heavy atom. The fourth-order valence-corrected chi connectivity index (χ4v) is 4.58. The minimum Gasteiger partial charge on any atom is -0.447 e. The molecule has 0 aromatic rings. The molecule has 0 saturated carbocycles. The van der Waals surface area contributed by atoms with E-state index in [9.17, 15) is 0 Å². The van der Waals surface area contributed by atoms with Crippen LogP contribution in [0, 0.1) is 0 Å². The van der Waals surface area contributed by atoms with Crippen molar-refractivity contribution in [3.8, 4) is 0 Å². The highest BCUT2D eigenvalue weighted by molar-refractivity contribution is 8.10. The van der Waals surface area contributed by atoms with Crippen LogP contribution in [-0.4, -0.2) is 101 Å². The number of rotatable bonds is 6. The van der Waals surface area contributed by atoms with Gasteiger partial charge < -0.3 is 4.43 Å². The van der Waals surface area contributed by atoms with Crippen LogP contribution in [0.1, 0.15) is 0 Å². The lowest BCUT2D eigenvalue weighted by Gasteiger charge is -2.45. The monoisotopic (exact) mass is 191 g/mol. The van der Waals surface area contributed by atoms with Crippen molar-refractivity contribution in [3.63, 3.8) is 0 Å². The van der Waals surface area contributed by atoms with Crippen molar-refractivity contribution in [2.45, 2.75) is 0 Å². The zero-order valence-electron chi connectivity index (χ0n) is 8.84. The Balaban J connectivity index is 5.14. The number of hydrogen-bond acceptors (Lipinski definition) is 1. The third-order valence-corrected chi connectivity index (χ3v) is 6.95. The molecule has 0 aromatic heterocycles. The molecule has 53 valence electrons. The van der Waals surface area contributed by atoms with E-state index in [0.717, 1.165) is 0 Å². The van der Waals surface area contributed by atoms with Crippen LogP contribution in [0.3, 0.4) is 0 Å². The van der Waals surface area contributed by atoms with Crippen LogP contribution >= 0.6 is 0 Å². The van der Waals surface area contributed by atoms with Crippen LogP contribution in [0.15, 0.2) is 0 Å². The van der Waals surface area contributed by atoms with Crippen LogP contribution in [-0.2, 0) is 4.43 Å². The van der Waals surface area contributed by atoms with Gasteiger partial charge in [0.05, 0.1) is 18.3 Å². The summed E-state index contributed by atoms with van der Waals surface area (Å²) < 4.78 is 5.34.